The fraction of sp³-hybridized carbons (Fsp3) is 0.308. The highest BCUT2D eigenvalue weighted by Crippen LogP contribution is 2.40. The number of hydrogen-bond acceptors (Lipinski definition) is 1. The average Bonchev–Trinajstić information content (AvgIpc) is 3.02. The Morgan fingerprint density at radius 1 is 1.38 bits per heavy atom. The number of halogens is 1. The van der Waals surface area contributed by atoms with E-state index < -0.39 is 0 Å². The summed E-state index contributed by atoms with van der Waals surface area (Å²) in [4.78, 5) is 0. The fourth-order valence-electron chi connectivity index (χ4n) is 1.96. The van der Waals surface area contributed by atoms with Gasteiger partial charge in [0.15, 0.2) is 0 Å². The van der Waals surface area contributed by atoms with Crippen LogP contribution in [0.3, 0.4) is 0 Å². The van der Waals surface area contributed by atoms with Crippen LogP contribution in [0.15, 0.2) is 28.7 Å². The summed E-state index contributed by atoms with van der Waals surface area (Å²) in [5.41, 5.74) is 4.80. The molecule has 0 atom stereocenters. The Kier molecular flexibility index (Phi) is 2.36. The van der Waals surface area contributed by atoms with Crippen LogP contribution in [0, 0.1) is 6.92 Å². The summed E-state index contributed by atoms with van der Waals surface area (Å²) < 4.78 is 1.14. The number of H-pyrrole nitrogens is 1. The second-order valence-electron chi connectivity index (χ2n) is 4.40. The second kappa shape index (κ2) is 3.74. The number of aromatic nitrogens is 2. The molecule has 1 heterocycles. The van der Waals surface area contributed by atoms with Gasteiger partial charge in [0.1, 0.15) is 0 Å². The molecule has 3 heteroatoms. The number of nitrogens with one attached hydrogen (secondary N) is 1. The van der Waals surface area contributed by atoms with Gasteiger partial charge in [0.05, 0.1) is 5.69 Å². The van der Waals surface area contributed by atoms with E-state index in [-0.39, 0.29) is 0 Å². The molecule has 1 N–H and O–H groups in total. The predicted octanol–water partition coefficient (Wildman–Crippen LogP) is 4.03. The summed E-state index contributed by atoms with van der Waals surface area (Å²) >= 11 is 3.55. The lowest BCUT2D eigenvalue weighted by Crippen LogP contribution is -1.84. The maximum Gasteiger partial charge on any atom is 0.0926 e. The van der Waals surface area contributed by atoms with Crippen LogP contribution in [-0.2, 0) is 0 Å². The van der Waals surface area contributed by atoms with Crippen LogP contribution in [0.5, 0.6) is 0 Å². The molecule has 2 nitrogen and oxygen atoms in total. The second-order valence-corrected chi connectivity index (χ2v) is 5.25. The van der Waals surface area contributed by atoms with Crippen LogP contribution in [0.25, 0.3) is 11.3 Å². The largest absolute Gasteiger partial charge is 0.282 e. The standard InChI is InChI=1S/C13H13BrN2/c1-8-10(3-2-4-11(8)14)13-7-12(15-16-13)9-5-6-9/h2-4,7,9H,5-6H2,1H3,(H,15,16). The Bertz CT molecular complexity index is 526. The number of benzene rings is 1. The van der Waals surface area contributed by atoms with Crippen molar-refractivity contribution in [1.82, 2.24) is 10.2 Å². The number of nitrogens with zero attached hydrogens (tertiary/aromatic N) is 1. The monoisotopic (exact) mass is 276 g/mol. The quantitative estimate of drug-likeness (QED) is 0.882. The van der Waals surface area contributed by atoms with E-state index in [1.165, 1.54) is 29.7 Å². The van der Waals surface area contributed by atoms with Gasteiger partial charge in [0, 0.05) is 21.6 Å². The van der Waals surface area contributed by atoms with Crippen molar-refractivity contribution >= 4 is 15.9 Å². The maximum atomic E-state index is 4.40. The molecule has 0 unspecified atom stereocenters. The molecule has 0 aliphatic heterocycles. The summed E-state index contributed by atoms with van der Waals surface area (Å²) in [5.74, 6) is 0.730. The first-order valence-electron chi connectivity index (χ1n) is 5.56. The fourth-order valence-corrected chi connectivity index (χ4v) is 2.33. The van der Waals surface area contributed by atoms with E-state index in [1.54, 1.807) is 0 Å². The van der Waals surface area contributed by atoms with E-state index >= 15 is 0 Å². The van der Waals surface area contributed by atoms with Crippen LogP contribution < -0.4 is 0 Å². The van der Waals surface area contributed by atoms with Gasteiger partial charge < -0.3 is 0 Å². The van der Waals surface area contributed by atoms with Gasteiger partial charge in [0.25, 0.3) is 0 Å². The van der Waals surface area contributed by atoms with Crippen molar-refractivity contribution in [2.24, 2.45) is 0 Å². The lowest BCUT2D eigenvalue weighted by molar-refractivity contribution is 0.966. The molecule has 1 aromatic heterocycles. The summed E-state index contributed by atoms with van der Waals surface area (Å²) in [6.45, 7) is 2.12. The highest BCUT2D eigenvalue weighted by atomic mass is 79.9. The average molecular weight is 277 g/mol. The number of aromatic amines is 1. The van der Waals surface area contributed by atoms with Crippen molar-refractivity contribution in [3.8, 4) is 11.3 Å². The van der Waals surface area contributed by atoms with Gasteiger partial charge in [-0.15, -0.1) is 0 Å². The van der Waals surface area contributed by atoms with Crippen molar-refractivity contribution in [1.29, 1.82) is 0 Å². The summed E-state index contributed by atoms with van der Waals surface area (Å²) in [6, 6.07) is 8.42. The molecule has 1 aliphatic carbocycles. The molecule has 0 saturated heterocycles. The first-order chi connectivity index (χ1) is 7.75. The molecule has 16 heavy (non-hydrogen) atoms. The Labute approximate surface area is 103 Å². The molecular formula is C13H13BrN2. The summed E-state index contributed by atoms with van der Waals surface area (Å²) in [7, 11) is 0. The minimum Gasteiger partial charge on any atom is -0.282 e. The lowest BCUT2D eigenvalue weighted by atomic mass is 10.1. The molecule has 0 spiro atoms. The Morgan fingerprint density at radius 3 is 2.94 bits per heavy atom. The molecule has 2 aromatic rings. The first-order valence-corrected chi connectivity index (χ1v) is 6.36. The van der Waals surface area contributed by atoms with Gasteiger partial charge in [-0.2, -0.15) is 5.10 Å². The smallest absolute Gasteiger partial charge is 0.0926 e. The van der Waals surface area contributed by atoms with Crippen LogP contribution in [0.2, 0.25) is 0 Å². The van der Waals surface area contributed by atoms with E-state index in [9.17, 15) is 0 Å². The molecule has 3 rings (SSSR count). The third-order valence-electron chi connectivity index (χ3n) is 3.16. The first kappa shape index (κ1) is 10.1. The zero-order chi connectivity index (χ0) is 11.1. The molecule has 1 aromatic carbocycles. The van der Waals surface area contributed by atoms with Crippen LogP contribution in [-0.4, -0.2) is 10.2 Å². The third-order valence-corrected chi connectivity index (χ3v) is 4.02. The zero-order valence-electron chi connectivity index (χ0n) is 9.13. The topological polar surface area (TPSA) is 28.7 Å². The molecule has 1 fully saturated rings. The van der Waals surface area contributed by atoms with E-state index in [2.05, 4.69) is 57.3 Å². The number of hydrogen-bond donors (Lipinski definition) is 1. The molecular weight excluding hydrogens is 264 g/mol. The minimum absolute atomic E-state index is 0.730. The lowest BCUT2D eigenvalue weighted by Gasteiger charge is -2.03. The van der Waals surface area contributed by atoms with Gasteiger partial charge in [-0.05, 0) is 37.5 Å². The van der Waals surface area contributed by atoms with Crippen molar-refractivity contribution in [3.05, 3.63) is 40.0 Å². The van der Waals surface area contributed by atoms with E-state index in [0.717, 1.165) is 16.1 Å². The maximum absolute atomic E-state index is 4.40. The van der Waals surface area contributed by atoms with Crippen molar-refractivity contribution in [2.75, 3.05) is 0 Å². The predicted molar refractivity (Wildman–Crippen MR) is 68.4 cm³/mol. The minimum atomic E-state index is 0.730. The summed E-state index contributed by atoms with van der Waals surface area (Å²) in [5, 5.41) is 7.55. The molecule has 0 bridgehead atoms. The normalized spacial score (nSPS) is 15.4. The van der Waals surface area contributed by atoms with Gasteiger partial charge in [-0.25, -0.2) is 0 Å². The van der Waals surface area contributed by atoms with Gasteiger partial charge in [-0.1, -0.05) is 28.1 Å². The van der Waals surface area contributed by atoms with E-state index in [4.69, 9.17) is 0 Å². The van der Waals surface area contributed by atoms with Crippen molar-refractivity contribution in [3.63, 3.8) is 0 Å². The molecule has 1 aliphatic rings. The van der Waals surface area contributed by atoms with E-state index in [1.807, 2.05) is 0 Å². The molecule has 0 radical (unpaired) electrons. The third kappa shape index (κ3) is 1.69. The van der Waals surface area contributed by atoms with Gasteiger partial charge >= 0.3 is 0 Å². The van der Waals surface area contributed by atoms with E-state index in [0.29, 0.717) is 0 Å². The molecule has 0 amide bonds. The van der Waals surface area contributed by atoms with Crippen LogP contribution in [0.4, 0.5) is 0 Å². The molecule has 1 saturated carbocycles. The van der Waals surface area contributed by atoms with Crippen molar-refractivity contribution in [2.45, 2.75) is 25.7 Å². The Balaban J connectivity index is 2.03. The summed E-state index contributed by atoms with van der Waals surface area (Å²) in [6.07, 6.45) is 2.61. The van der Waals surface area contributed by atoms with Crippen LogP contribution in [0.1, 0.15) is 30.0 Å². The zero-order valence-corrected chi connectivity index (χ0v) is 10.7. The molecule has 82 valence electrons. The highest BCUT2D eigenvalue weighted by Gasteiger charge is 2.25. The van der Waals surface area contributed by atoms with Crippen molar-refractivity contribution < 1.29 is 0 Å². The Hall–Kier alpha value is -1.09. The highest BCUT2D eigenvalue weighted by molar-refractivity contribution is 9.10. The van der Waals surface area contributed by atoms with Gasteiger partial charge in [-0.3, -0.25) is 5.10 Å². The number of rotatable bonds is 2. The SMILES string of the molecule is Cc1c(Br)cccc1-c1cc(C2CC2)[nH]n1. The van der Waals surface area contributed by atoms with Crippen LogP contribution >= 0.6 is 15.9 Å². The van der Waals surface area contributed by atoms with Gasteiger partial charge in [0.2, 0.25) is 0 Å². The Morgan fingerprint density at radius 2 is 2.19 bits per heavy atom.